The number of aliphatic hydroxyl groups excluding tert-OH is 1. The Morgan fingerprint density at radius 3 is 2.40 bits per heavy atom. The van der Waals surface area contributed by atoms with Gasteiger partial charge in [-0.15, -0.1) is 0 Å². The highest BCUT2D eigenvalue weighted by atomic mass is 16.3. The van der Waals surface area contributed by atoms with Gasteiger partial charge in [-0.25, -0.2) is 9.59 Å². The molecule has 3 amide bonds. The molecule has 218 valence electrons. The van der Waals surface area contributed by atoms with E-state index in [1.165, 1.54) is 17.1 Å². The fraction of sp³-hybridized carbons (Fsp3) is 0.571. The summed E-state index contributed by atoms with van der Waals surface area (Å²) in [5.74, 6) is 0.385. The van der Waals surface area contributed by atoms with Crippen molar-refractivity contribution in [2.75, 3.05) is 44.6 Å². The third-order valence-electron chi connectivity index (χ3n) is 8.03. The third-order valence-corrected chi connectivity index (χ3v) is 8.03. The number of hydrogen-bond donors (Lipinski definition) is 4. The largest absolute Gasteiger partial charge is 0.394 e. The highest BCUT2D eigenvalue weighted by Crippen LogP contribution is 2.21. The molecule has 3 atom stereocenters. The van der Waals surface area contributed by atoms with Crippen LogP contribution < -0.4 is 22.5 Å². The predicted octanol–water partition coefficient (Wildman–Crippen LogP) is 0.566. The first kappa shape index (κ1) is 29.7. The maximum absolute atomic E-state index is 12.9. The number of carbonyl (C=O) groups excluding carboxylic acids is 2. The van der Waals surface area contributed by atoms with Crippen LogP contribution in [0.4, 0.5) is 10.6 Å². The van der Waals surface area contributed by atoms with Crippen molar-refractivity contribution in [1.82, 2.24) is 24.3 Å². The van der Waals surface area contributed by atoms with Crippen molar-refractivity contribution in [3.63, 3.8) is 0 Å². The normalized spacial score (nSPS) is 21.1. The number of likely N-dealkylation sites (tertiary alicyclic amines) is 1. The molecular weight excluding hydrogens is 512 g/mol. The lowest BCUT2D eigenvalue weighted by Gasteiger charge is -2.41. The van der Waals surface area contributed by atoms with E-state index < -0.39 is 23.9 Å². The molecule has 0 spiro atoms. The van der Waals surface area contributed by atoms with E-state index in [0.29, 0.717) is 18.2 Å². The molecule has 1 aromatic carbocycles. The Morgan fingerprint density at radius 2 is 1.82 bits per heavy atom. The molecule has 12 heteroatoms. The van der Waals surface area contributed by atoms with E-state index in [0.717, 1.165) is 32.5 Å². The summed E-state index contributed by atoms with van der Waals surface area (Å²) >= 11 is 0. The van der Waals surface area contributed by atoms with E-state index >= 15 is 0 Å². The van der Waals surface area contributed by atoms with Gasteiger partial charge in [0.25, 0.3) is 0 Å². The van der Waals surface area contributed by atoms with Crippen molar-refractivity contribution in [3.05, 3.63) is 52.6 Å². The van der Waals surface area contributed by atoms with Crippen LogP contribution in [0.2, 0.25) is 0 Å². The van der Waals surface area contributed by atoms with Gasteiger partial charge in [0.2, 0.25) is 5.91 Å². The van der Waals surface area contributed by atoms with E-state index in [2.05, 4.69) is 22.1 Å². The Morgan fingerprint density at radius 1 is 1.15 bits per heavy atom. The monoisotopic (exact) mass is 554 g/mol. The second-order valence-corrected chi connectivity index (χ2v) is 11.4. The molecule has 2 aromatic rings. The van der Waals surface area contributed by atoms with Gasteiger partial charge < -0.3 is 26.4 Å². The molecule has 0 aliphatic carbocycles. The average Bonchev–Trinajstić information content (AvgIpc) is 2.93. The molecule has 4 rings (SSSR count). The minimum atomic E-state index is -1.36. The van der Waals surface area contributed by atoms with Gasteiger partial charge in [0.05, 0.1) is 12.3 Å². The van der Waals surface area contributed by atoms with Gasteiger partial charge in [-0.1, -0.05) is 12.1 Å². The number of benzene rings is 1. The van der Waals surface area contributed by atoms with Crippen molar-refractivity contribution >= 4 is 17.8 Å². The fourth-order valence-electron chi connectivity index (χ4n) is 5.38. The van der Waals surface area contributed by atoms with Crippen LogP contribution in [0, 0.1) is 5.92 Å². The molecule has 2 fully saturated rings. The molecule has 2 saturated heterocycles. The topological polar surface area (TPSA) is 163 Å². The standard InChI is InChI=1S/C28H42N8O4/c1-19-16-34(25(38)28(3,30)18-37)14-15-35(19)26(39)31-24-10-13-36(27(40)32-24)23-6-4-21(5-7-23)17-33-11-8-22(9-12-33)20(2)29/h4-7,10,13,19-20,22,37H,8-9,11-12,14-18,29-30H2,1-3H3,(H,31,32,39,40)/t19-,20?,28?/m1/s1. The fourth-order valence-corrected chi connectivity index (χ4v) is 5.38. The zero-order valence-corrected chi connectivity index (χ0v) is 23.6. The zero-order valence-electron chi connectivity index (χ0n) is 23.6. The number of nitrogens with two attached hydrogens (primary N) is 2. The second-order valence-electron chi connectivity index (χ2n) is 11.4. The lowest BCUT2D eigenvalue weighted by atomic mass is 9.91. The lowest BCUT2D eigenvalue weighted by molar-refractivity contribution is -0.140. The SMILES string of the molecule is CC(N)C1CCN(Cc2ccc(-n3ccc(NC(=O)N4CCN(C(=O)C(C)(N)CO)C[C@H]4C)nc3=O)cc2)CC1. The van der Waals surface area contributed by atoms with Gasteiger partial charge in [-0.2, -0.15) is 4.98 Å². The molecule has 3 heterocycles. The van der Waals surface area contributed by atoms with E-state index in [4.69, 9.17) is 11.5 Å². The summed E-state index contributed by atoms with van der Waals surface area (Å²) in [7, 11) is 0. The number of amides is 3. The maximum atomic E-state index is 12.9. The molecule has 0 bridgehead atoms. The number of piperidine rings is 1. The summed E-state index contributed by atoms with van der Waals surface area (Å²) in [6, 6.07) is 8.97. The maximum Gasteiger partial charge on any atom is 0.354 e. The van der Waals surface area contributed by atoms with Crippen LogP contribution >= 0.6 is 0 Å². The third kappa shape index (κ3) is 6.87. The van der Waals surface area contributed by atoms with Crippen LogP contribution in [-0.4, -0.2) is 98.2 Å². The van der Waals surface area contributed by atoms with Crippen LogP contribution in [0.5, 0.6) is 0 Å². The summed E-state index contributed by atoms with van der Waals surface area (Å²) in [6.45, 7) is 8.72. The number of aromatic nitrogens is 2. The molecule has 2 aliphatic heterocycles. The predicted molar refractivity (Wildman–Crippen MR) is 153 cm³/mol. The van der Waals surface area contributed by atoms with Crippen molar-refractivity contribution in [3.8, 4) is 5.69 Å². The Bertz CT molecular complexity index is 1240. The quantitative estimate of drug-likeness (QED) is 0.386. The van der Waals surface area contributed by atoms with Crippen LogP contribution in [0.25, 0.3) is 5.69 Å². The first-order chi connectivity index (χ1) is 19.0. The van der Waals surface area contributed by atoms with Crippen molar-refractivity contribution < 1.29 is 14.7 Å². The average molecular weight is 555 g/mol. The smallest absolute Gasteiger partial charge is 0.354 e. The van der Waals surface area contributed by atoms with Crippen molar-refractivity contribution in [2.45, 2.75) is 57.8 Å². The number of anilines is 1. The molecular formula is C28H42N8O4. The van der Waals surface area contributed by atoms with E-state index in [1.54, 1.807) is 22.1 Å². The number of nitrogens with one attached hydrogen (secondary N) is 1. The van der Waals surface area contributed by atoms with Gasteiger partial charge in [0, 0.05) is 44.5 Å². The van der Waals surface area contributed by atoms with Crippen LogP contribution in [-0.2, 0) is 11.3 Å². The van der Waals surface area contributed by atoms with Gasteiger partial charge in [0.15, 0.2) is 0 Å². The van der Waals surface area contributed by atoms with E-state index in [9.17, 15) is 19.5 Å². The van der Waals surface area contributed by atoms with E-state index in [-0.39, 0.29) is 36.9 Å². The number of nitrogens with zero attached hydrogens (tertiary/aromatic N) is 5. The first-order valence-electron chi connectivity index (χ1n) is 13.9. The van der Waals surface area contributed by atoms with Gasteiger partial charge in [0.1, 0.15) is 11.4 Å². The van der Waals surface area contributed by atoms with Crippen LogP contribution in [0.15, 0.2) is 41.3 Å². The summed E-state index contributed by atoms with van der Waals surface area (Å²) in [4.78, 5) is 47.9. The lowest BCUT2D eigenvalue weighted by Crippen LogP contribution is -2.62. The molecule has 2 unspecified atom stereocenters. The highest BCUT2D eigenvalue weighted by Gasteiger charge is 2.37. The summed E-state index contributed by atoms with van der Waals surface area (Å²) in [6.07, 6.45) is 3.83. The van der Waals surface area contributed by atoms with Gasteiger partial charge in [-0.3, -0.25) is 19.6 Å². The first-order valence-corrected chi connectivity index (χ1v) is 13.9. The Labute approximate surface area is 234 Å². The minimum Gasteiger partial charge on any atom is -0.394 e. The molecule has 2 aliphatic rings. The highest BCUT2D eigenvalue weighted by molar-refractivity contribution is 5.89. The molecule has 6 N–H and O–H groups in total. The molecule has 0 saturated carbocycles. The van der Waals surface area contributed by atoms with Crippen LogP contribution in [0.3, 0.4) is 0 Å². The second kappa shape index (κ2) is 12.5. The molecule has 40 heavy (non-hydrogen) atoms. The number of rotatable bonds is 7. The number of aliphatic hydroxyl groups is 1. The summed E-state index contributed by atoms with van der Waals surface area (Å²) in [5.41, 5.74) is 11.9. The van der Waals surface area contributed by atoms with Crippen LogP contribution in [0.1, 0.15) is 39.2 Å². The number of hydrogen-bond acceptors (Lipinski definition) is 8. The van der Waals surface area contributed by atoms with Gasteiger partial charge in [-0.05, 0) is 76.4 Å². The van der Waals surface area contributed by atoms with Crippen molar-refractivity contribution in [1.29, 1.82) is 0 Å². The Hall–Kier alpha value is -3.32. The number of carbonyl (C=O) groups is 2. The minimum absolute atomic E-state index is 0.151. The summed E-state index contributed by atoms with van der Waals surface area (Å²) in [5, 5.41) is 12.1. The molecule has 1 aromatic heterocycles. The van der Waals surface area contributed by atoms with Gasteiger partial charge >= 0.3 is 11.7 Å². The number of urea groups is 1. The zero-order chi connectivity index (χ0) is 29.0. The van der Waals surface area contributed by atoms with Crippen molar-refractivity contribution in [2.24, 2.45) is 17.4 Å². The van der Waals surface area contributed by atoms with E-state index in [1.807, 2.05) is 31.2 Å². The summed E-state index contributed by atoms with van der Waals surface area (Å²) < 4.78 is 1.44. The molecule has 0 radical (unpaired) electrons. The Kier molecular flexibility index (Phi) is 9.24. The Balaban J connectivity index is 1.33. The number of piperazine rings is 1. The molecule has 12 nitrogen and oxygen atoms in total.